The van der Waals surface area contributed by atoms with Crippen LogP contribution in [0.2, 0.25) is 0 Å². The molecule has 20 heavy (non-hydrogen) atoms. The van der Waals surface area contributed by atoms with E-state index in [9.17, 15) is 4.79 Å². The average molecular weight is 268 g/mol. The number of carbonyl (C=O) groups excluding carboxylic acids is 1. The van der Waals surface area contributed by atoms with Gasteiger partial charge in [0.05, 0.1) is 5.57 Å². The molecule has 2 aromatic carbocycles. The normalized spacial score (nSPS) is 11.4. The lowest BCUT2D eigenvalue weighted by Gasteiger charge is -2.16. The summed E-state index contributed by atoms with van der Waals surface area (Å²) in [5.74, 6) is 0.165. The monoisotopic (exact) mass is 268 g/mol. The van der Waals surface area contributed by atoms with Gasteiger partial charge >= 0.3 is 5.97 Å². The van der Waals surface area contributed by atoms with Crippen molar-refractivity contribution in [2.45, 2.75) is 13.2 Å². The molecule has 0 saturated heterocycles. The summed E-state index contributed by atoms with van der Waals surface area (Å²) in [6, 6.07) is 18.4. The number of benzene rings is 2. The van der Waals surface area contributed by atoms with Crippen LogP contribution in [0.5, 0.6) is 5.75 Å². The highest BCUT2D eigenvalue weighted by Gasteiger charge is 2.15. The van der Waals surface area contributed by atoms with E-state index in [4.69, 9.17) is 9.47 Å². The van der Waals surface area contributed by atoms with Gasteiger partial charge in [-0.25, -0.2) is 4.79 Å². The Morgan fingerprint density at radius 1 is 1.00 bits per heavy atom. The van der Waals surface area contributed by atoms with E-state index < -0.39 is 12.3 Å². The van der Waals surface area contributed by atoms with Gasteiger partial charge in [0, 0.05) is 6.92 Å². The van der Waals surface area contributed by atoms with Crippen LogP contribution in [-0.2, 0) is 9.53 Å². The first-order valence-corrected chi connectivity index (χ1v) is 6.34. The van der Waals surface area contributed by atoms with Crippen LogP contribution in [0, 0.1) is 0 Å². The highest BCUT2D eigenvalue weighted by atomic mass is 16.7. The summed E-state index contributed by atoms with van der Waals surface area (Å²) in [5, 5.41) is 0. The van der Waals surface area contributed by atoms with E-state index in [2.05, 4.69) is 6.58 Å². The van der Waals surface area contributed by atoms with Crippen LogP contribution in [0.3, 0.4) is 0 Å². The Hall–Kier alpha value is -2.55. The van der Waals surface area contributed by atoms with Crippen molar-refractivity contribution >= 4 is 11.5 Å². The van der Waals surface area contributed by atoms with Crippen LogP contribution in [0.1, 0.15) is 12.5 Å². The first kappa shape index (κ1) is 13.9. The lowest BCUT2D eigenvalue weighted by molar-refractivity contribution is -0.153. The fourth-order valence-corrected chi connectivity index (χ4v) is 1.69. The number of para-hydroxylation sites is 1. The summed E-state index contributed by atoms with van der Waals surface area (Å²) in [6.45, 7) is 5.42. The third-order valence-corrected chi connectivity index (χ3v) is 2.69. The molecule has 0 spiro atoms. The first-order valence-electron chi connectivity index (χ1n) is 6.34. The third kappa shape index (κ3) is 3.72. The van der Waals surface area contributed by atoms with Crippen molar-refractivity contribution in [2.75, 3.05) is 0 Å². The van der Waals surface area contributed by atoms with E-state index in [0.717, 1.165) is 5.56 Å². The van der Waals surface area contributed by atoms with Gasteiger partial charge in [0.25, 0.3) is 0 Å². The molecule has 0 saturated carbocycles. The Morgan fingerprint density at radius 3 is 2.15 bits per heavy atom. The number of ether oxygens (including phenoxy) is 2. The van der Waals surface area contributed by atoms with E-state index in [1.807, 2.05) is 48.5 Å². The maximum absolute atomic E-state index is 11.9. The third-order valence-electron chi connectivity index (χ3n) is 2.69. The molecule has 0 N–H and O–H groups in total. The summed E-state index contributed by atoms with van der Waals surface area (Å²) in [6.07, 6.45) is -0.676. The molecule has 3 heteroatoms. The van der Waals surface area contributed by atoms with Crippen molar-refractivity contribution in [3.8, 4) is 5.75 Å². The summed E-state index contributed by atoms with van der Waals surface area (Å²) in [7, 11) is 0. The molecule has 0 fully saturated rings. The number of esters is 1. The maximum atomic E-state index is 11.9. The van der Waals surface area contributed by atoms with Crippen LogP contribution in [0.25, 0.3) is 5.57 Å². The van der Waals surface area contributed by atoms with E-state index in [1.165, 1.54) is 0 Å². The molecule has 0 radical (unpaired) electrons. The molecule has 1 atom stereocenters. The second-order valence-corrected chi connectivity index (χ2v) is 4.25. The minimum absolute atomic E-state index is 0.314. The van der Waals surface area contributed by atoms with Crippen molar-refractivity contribution < 1.29 is 14.3 Å². The Bertz CT molecular complexity index is 576. The standard InChI is InChI=1S/C17H16O3/c1-13(15-9-5-3-6-10-15)17(18)20-14(2)19-16-11-7-4-8-12-16/h3-12,14H,1H2,2H3. The highest BCUT2D eigenvalue weighted by Crippen LogP contribution is 2.16. The predicted octanol–water partition coefficient (Wildman–Crippen LogP) is 3.67. The zero-order valence-corrected chi connectivity index (χ0v) is 11.3. The molecule has 0 aliphatic heterocycles. The largest absolute Gasteiger partial charge is 0.455 e. The Balaban J connectivity index is 1.93. The van der Waals surface area contributed by atoms with Crippen molar-refractivity contribution in [1.29, 1.82) is 0 Å². The van der Waals surface area contributed by atoms with Gasteiger partial charge in [-0.3, -0.25) is 0 Å². The van der Waals surface area contributed by atoms with Gasteiger partial charge in [0.2, 0.25) is 6.29 Å². The van der Waals surface area contributed by atoms with Gasteiger partial charge in [-0.2, -0.15) is 0 Å². The Labute approximate surface area is 118 Å². The second kappa shape index (κ2) is 6.57. The fraction of sp³-hybridized carbons (Fsp3) is 0.118. The van der Waals surface area contributed by atoms with Gasteiger partial charge < -0.3 is 9.47 Å². The number of hydrogen-bond acceptors (Lipinski definition) is 3. The van der Waals surface area contributed by atoms with E-state index in [-0.39, 0.29) is 0 Å². The lowest BCUT2D eigenvalue weighted by atomic mass is 10.1. The molecule has 0 bridgehead atoms. The Morgan fingerprint density at radius 2 is 1.55 bits per heavy atom. The SMILES string of the molecule is C=C(C(=O)OC(C)Oc1ccccc1)c1ccccc1. The van der Waals surface area contributed by atoms with Crippen LogP contribution in [-0.4, -0.2) is 12.3 Å². The molecule has 0 aliphatic carbocycles. The fourth-order valence-electron chi connectivity index (χ4n) is 1.69. The molecular weight excluding hydrogens is 252 g/mol. The lowest BCUT2D eigenvalue weighted by Crippen LogP contribution is -2.21. The topological polar surface area (TPSA) is 35.5 Å². The van der Waals surface area contributed by atoms with Crippen molar-refractivity contribution in [1.82, 2.24) is 0 Å². The number of hydrogen-bond donors (Lipinski definition) is 0. The van der Waals surface area contributed by atoms with Crippen LogP contribution in [0.15, 0.2) is 67.2 Å². The molecule has 102 valence electrons. The molecule has 0 aromatic heterocycles. The van der Waals surface area contributed by atoms with Gasteiger partial charge in [-0.1, -0.05) is 55.1 Å². The van der Waals surface area contributed by atoms with E-state index in [0.29, 0.717) is 11.3 Å². The van der Waals surface area contributed by atoms with Gasteiger partial charge in [0.1, 0.15) is 5.75 Å². The van der Waals surface area contributed by atoms with Crippen molar-refractivity contribution in [2.24, 2.45) is 0 Å². The summed E-state index contributed by atoms with van der Waals surface area (Å²) in [4.78, 5) is 11.9. The molecule has 0 heterocycles. The van der Waals surface area contributed by atoms with Crippen molar-refractivity contribution in [3.05, 3.63) is 72.8 Å². The molecule has 1 unspecified atom stereocenters. The van der Waals surface area contributed by atoms with E-state index >= 15 is 0 Å². The minimum Gasteiger partial charge on any atom is -0.455 e. The van der Waals surface area contributed by atoms with Gasteiger partial charge in [-0.05, 0) is 17.7 Å². The smallest absolute Gasteiger partial charge is 0.341 e. The summed E-state index contributed by atoms with van der Waals surface area (Å²) < 4.78 is 10.7. The number of carbonyl (C=O) groups is 1. The molecule has 2 rings (SSSR count). The molecule has 0 aliphatic rings. The zero-order chi connectivity index (χ0) is 14.4. The quantitative estimate of drug-likeness (QED) is 0.471. The highest BCUT2D eigenvalue weighted by molar-refractivity contribution is 6.15. The van der Waals surface area contributed by atoms with Crippen LogP contribution >= 0.6 is 0 Å². The molecule has 2 aromatic rings. The molecule has 0 amide bonds. The first-order chi connectivity index (χ1) is 9.66. The summed E-state index contributed by atoms with van der Waals surface area (Å²) >= 11 is 0. The molecule has 3 nitrogen and oxygen atoms in total. The van der Waals surface area contributed by atoms with Gasteiger partial charge in [-0.15, -0.1) is 0 Å². The maximum Gasteiger partial charge on any atom is 0.341 e. The van der Waals surface area contributed by atoms with Crippen LogP contribution < -0.4 is 4.74 Å². The van der Waals surface area contributed by atoms with E-state index in [1.54, 1.807) is 19.1 Å². The van der Waals surface area contributed by atoms with Gasteiger partial charge in [0.15, 0.2) is 0 Å². The Kier molecular flexibility index (Phi) is 4.56. The average Bonchev–Trinajstić information content (AvgIpc) is 2.48. The predicted molar refractivity (Wildman–Crippen MR) is 78.1 cm³/mol. The molecular formula is C17H16O3. The minimum atomic E-state index is -0.676. The number of rotatable bonds is 5. The van der Waals surface area contributed by atoms with Crippen LogP contribution in [0.4, 0.5) is 0 Å². The second-order valence-electron chi connectivity index (χ2n) is 4.25. The van der Waals surface area contributed by atoms with Crippen molar-refractivity contribution in [3.63, 3.8) is 0 Å². The summed E-state index contributed by atoms with van der Waals surface area (Å²) in [5.41, 5.74) is 1.05. The zero-order valence-electron chi connectivity index (χ0n) is 11.3.